The van der Waals surface area contributed by atoms with Crippen LogP contribution in [-0.4, -0.2) is 9.48 Å². The average Bonchev–Trinajstić information content (AvgIpc) is 1.38. The van der Waals surface area contributed by atoms with E-state index in [0.29, 0.717) is 3.72 Å². The van der Waals surface area contributed by atoms with Gasteiger partial charge in [0.2, 0.25) is 0 Å². The second-order valence-electron chi connectivity index (χ2n) is 0.617. The zero-order chi connectivity index (χ0) is 4.28. The first-order valence-corrected chi connectivity index (χ1v) is 3.92. The van der Waals surface area contributed by atoms with Crippen LogP contribution in [0.1, 0.15) is 0 Å². The van der Waals surface area contributed by atoms with Crippen LogP contribution in [0.25, 0.3) is 0 Å². The Morgan fingerprint density at radius 3 is 2.00 bits per heavy atom. The Bertz CT molecular complexity index is 21.6. The molecule has 5 heavy (non-hydrogen) atoms. The van der Waals surface area contributed by atoms with E-state index in [1.54, 1.807) is 19.2 Å². The van der Waals surface area contributed by atoms with Gasteiger partial charge in [-0.25, -0.2) is 0 Å². The van der Waals surface area contributed by atoms with Crippen LogP contribution in [0.2, 0.25) is 0 Å². The van der Waals surface area contributed by atoms with Gasteiger partial charge in [-0.2, -0.15) is 0 Å². The first-order chi connectivity index (χ1) is 2.27. The molecule has 0 saturated carbocycles. The summed E-state index contributed by atoms with van der Waals surface area (Å²) in [7, 11) is 0. The van der Waals surface area contributed by atoms with Crippen molar-refractivity contribution in [2.45, 2.75) is 3.72 Å². The summed E-state index contributed by atoms with van der Waals surface area (Å²) in [5.74, 6) is 0.889. The molecule has 0 aromatic rings. The van der Waals surface area contributed by atoms with E-state index >= 15 is 0 Å². The van der Waals surface area contributed by atoms with Crippen LogP contribution in [0.15, 0.2) is 0 Å². The Morgan fingerprint density at radius 2 is 2.00 bits per heavy atom. The van der Waals surface area contributed by atoms with Gasteiger partial charge in [0.1, 0.15) is 0 Å². The quantitative estimate of drug-likeness (QED) is 0.649. The molecule has 0 aliphatic heterocycles. The molecule has 0 nitrogen and oxygen atoms in total. The van der Waals surface area contributed by atoms with Crippen molar-refractivity contribution < 1.29 is 19.2 Å². The van der Waals surface area contributed by atoms with E-state index in [1.165, 1.54) is 0 Å². The zero-order valence-corrected chi connectivity index (χ0v) is 7.06. The third-order valence-corrected chi connectivity index (χ3v) is 2.43. The molecular formula is C2H5ReS2. The van der Waals surface area contributed by atoms with Gasteiger partial charge in [0.05, 0.1) is 0 Å². The average molecular weight is 279 g/mol. The van der Waals surface area contributed by atoms with E-state index in [-0.39, 0.29) is 0 Å². The molecule has 1 atom stereocenters. The summed E-state index contributed by atoms with van der Waals surface area (Å²) < 4.78 is 0.498. The normalized spacial score (nSPS) is 15.0. The minimum absolute atomic E-state index is 0.498. The molecular weight excluding hydrogens is 274 g/mol. The maximum absolute atomic E-state index is 4.05. The van der Waals surface area contributed by atoms with E-state index in [4.69, 9.17) is 0 Å². The van der Waals surface area contributed by atoms with Crippen molar-refractivity contribution in [1.82, 2.24) is 0 Å². The molecule has 3 heteroatoms. The Labute approximate surface area is 53.9 Å². The van der Waals surface area contributed by atoms with E-state index in [9.17, 15) is 0 Å². The predicted molar refractivity (Wildman–Crippen MR) is 26.6 cm³/mol. The number of thiol groups is 2. The Morgan fingerprint density at radius 1 is 1.80 bits per heavy atom. The van der Waals surface area contributed by atoms with Crippen molar-refractivity contribution in [3.05, 3.63) is 0 Å². The van der Waals surface area contributed by atoms with Crippen molar-refractivity contribution in [3.8, 4) is 0 Å². The molecule has 0 heterocycles. The first kappa shape index (κ1) is 6.36. The fourth-order valence-corrected chi connectivity index (χ4v) is 0. The van der Waals surface area contributed by atoms with Crippen LogP contribution in [0.5, 0.6) is 0 Å². The Kier molecular flexibility index (Phi) is 4.52. The van der Waals surface area contributed by atoms with Gasteiger partial charge in [-0.1, -0.05) is 0 Å². The maximum atomic E-state index is 4.05. The zero-order valence-electron chi connectivity index (χ0n) is 2.56. The fraction of sp³-hybridized carbons (Fsp3) is 1.00. The van der Waals surface area contributed by atoms with Gasteiger partial charge in [-0.15, -0.1) is 0 Å². The number of hydrogen-bond acceptors (Lipinski definition) is 2. The van der Waals surface area contributed by atoms with E-state index in [1.807, 2.05) is 0 Å². The summed E-state index contributed by atoms with van der Waals surface area (Å²) in [6.45, 7) is 0. The summed E-state index contributed by atoms with van der Waals surface area (Å²) in [5, 5.41) is 0. The van der Waals surface area contributed by atoms with Crippen LogP contribution in [-0.2, 0) is 19.2 Å². The van der Waals surface area contributed by atoms with Crippen molar-refractivity contribution in [1.29, 1.82) is 0 Å². The summed E-state index contributed by atoms with van der Waals surface area (Å²) >= 11 is 9.67. The Hall–Kier alpha value is 1.36. The number of hydrogen-bond donors (Lipinski definition) is 2. The van der Waals surface area contributed by atoms with E-state index in [0.717, 1.165) is 5.75 Å². The molecule has 32 valence electrons. The monoisotopic (exact) mass is 280 g/mol. The van der Waals surface area contributed by atoms with Gasteiger partial charge in [0.25, 0.3) is 0 Å². The summed E-state index contributed by atoms with van der Waals surface area (Å²) in [5.41, 5.74) is 0. The third-order valence-electron chi connectivity index (χ3n) is 0.151. The molecule has 1 unspecified atom stereocenters. The predicted octanol–water partition coefficient (Wildman–Crippen LogP) is 0.719. The van der Waals surface area contributed by atoms with Crippen molar-refractivity contribution in [3.63, 3.8) is 0 Å². The molecule has 0 N–H and O–H groups in total. The molecule has 0 rings (SSSR count). The van der Waals surface area contributed by atoms with Crippen LogP contribution < -0.4 is 0 Å². The van der Waals surface area contributed by atoms with Crippen LogP contribution in [0.3, 0.4) is 0 Å². The molecule has 0 radical (unpaired) electrons. The summed E-state index contributed by atoms with van der Waals surface area (Å²) in [6.07, 6.45) is 0. The van der Waals surface area contributed by atoms with Crippen LogP contribution >= 0.6 is 25.3 Å². The minimum atomic E-state index is 0.498. The van der Waals surface area contributed by atoms with Gasteiger partial charge in [0, 0.05) is 0 Å². The van der Waals surface area contributed by atoms with Gasteiger partial charge in [0.15, 0.2) is 0 Å². The molecule has 0 aliphatic rings. The van der Waals surface area contributed by atoms with Crippen LogP contribution in [0, 0.1) is 0 Å². The molecule has 0 fully saturated rings. The van der Waals surface area contributed by atoms with Crippen molar-refractivity contribution >= 4 is 25.3 Å². The molecule has 0 amide bonds. The summed E-state index contributed by atoms with van der Waals surface area (Å²) in [4.78, 5) is 0. The molecule has 0 aromatic heterocycles. The molecule has 0 aromatic carbocycles. The van der Waals surface area contributed by atoms with E-state index < -0.39 is 0 Å². The second-order valence-corrected chi connectivity index (χ2v) is 4.75. The Balaban J connectivity index is 2.54. The molecule has 0 saturated heterocycles. The molecule has 0 spiro atoms. The van der Waals surface area contributed by atoms with Gasteiger partial charge in [-0.05, 0) is 0 Å². The van der Waals surface area contributed by atoms with Crippen LogP contribution in [0.4, 0.5) is 0 Å². The van der Waals surface area contributed by atoms with Gasteiger partial charge < -0.3 is 0 Å². The van der Waals surface area contributed by atoms with E-state index in [2.05, 4.69) is 25.3 Å². The van der Waals surface area contributed by atoms with Crippen molar-refractivity contribution in [2.75, 3.05) is 5.75 Å². The summed E-state index contributed by atoms with van der Waals surface area (Å²) in [6, 6.07) is 0. The third kappa shape index (κ3) is 5.36. The van der Waals surface area contributed by atoms with Gasteiger partial charge >= 0.3 is 53.9 Å². The second kappa shape index (κ2) is 3.55. The topological polar surface area (TPSA) is 0 Å². The molecule has 0 bridgehead atoms. The number of rotatable bonds is 1. The first-order valence-electron chi connectivity index (χ1n) is 1.20. The van der Waals surface area contributed by atoms with Crippen molar-refractivity contribution in [2.24, 2.45) is 0 Å². The standard InChI is InChI=1S/C2H5S2.Re/c3-1-2-4;/h1,3-4H,2H2;. The molecule has 0 aliphatic carbocycles. The SMILES string of the molecule is SC[CH](S)[Re]. The van der Waals surface area contributed by atoms with Gasteiger partial charge in [-0.3, -0.25) is 0 Å². The fourth-order valence-electron chi connectivity index (χ4n) is 0.